The van der Waals surface area contributed by atoms with E-state index in [0.29, 0.717) is 12.3 Å². The number of rotatable bonds is 5. The number of guanidine groups is 1. The zero-order valence-corrected chi connectivity index (χ0v) is 16.4. The van der Waals surface area contributed by atoms with E-state index < -0.39 is 0 Å². The van der Waals surface area contributed by atoms with E-state index in [0.717, 1.165) is 38.4 Å². The van der Waals surface area contributed by atoms with Crippen molar-refractivity contribution in [3.8, 4) is 0 Å². The van der Waals surface area contributed by atoms with Crippen LogP contribution in [0.3, 0.4) is 0 Å². The number of likely N-dealkylation sites (N-methyl/N-ethyl adjacent to an activating group) is 1. The van der Waals surface area contributed by atoms with Crippen LogP contribution in [-0.2, 0) is 4.79 Å². The van der Waals surface area contributed by atoms with Gasteiger partial charge in [-0.15, -0.1) is 0 Å². The lowest BCUT2D eigenvalue weighted by Crippen LogP contribution is -2.56. The number of likely N-dealkylation sites (tertiary alicyclic amines) is 1. The molecule has 0 spiro atoms. The van der Waals surface area contributed by atoms with E-state index in [2.05, 4.69) is 39.5 Å². The van der Waals surface area contributed by atoms with Crippen LogP contribution in [0.5, 0.6) is 0 Å². The van der Waals surface area contributed by atoms with Crippen LogP contribution in [0.15, 0.2) is 4.99 Å². The molecule has 2 aliphatic rings. The van der Waals surface area contributed by atoms with Crippen LogP contribution in [0.1, 0.15) is 25.7 Å². The maximum atomic E-state index is 11.5. The first-order chi connectivity index (χ1) is 11.5. The molecule has 1 unspecified atom stereocenters. The molecular formula is C17H33N5OS. The maximum Gasteiger partial charge on any atom is 0.220 e. The zero-order valence-electron chi connectivity index (χ0n) is 15.6. The number of hydrogen-bond acceptors (Lipinski definition) is 4. The second-order valence-corrected chi connectivity index (χ2v) is 8.24. The number of nitrogens with zero attached hydrogens (tertiary/aromatic N) is 3. The third-order valence-corrected chi connectivity index (χ3v) is 6.72. The van der Waals surface area contributed by atoms with Gasteiger partial charge in [-0.1, -0.05) is 0 Å². The first kappa shape index (κ1) is 19.4. The molecule has 0 bridgehead atoms. The Labute approximate surface area is 150 Å². The fourth-order valence-corrected chi connectivity index (χ4v) is 5.09. The van der Waals surface area contributed by atoms with Gasteiger partial charge in [0.1, 0.15) is 0 Å². The molecule has 2 fully saturated rings. The molecule has 6 nitrogen and oxygen atoms in total. The van der Waals surface area contributed by atoms with Crippen molar-refractivity contribution in [3.63, 3.8) is 0 Å². The number of thioether (sulfide) groups is 1. The first-order valence-corrected chi connectivity index (χ1v) is 10.1. The van der Waals surface area contributed by atoms with Crippen LogP contribution in [0.2, 0.25) is 0 Å². The fraction of sp³-hybridized carbons (Fsp3) is 0.882. The largest absolute Gasteiger partial charge is 0.359 e. The van der Waals surface area contributed by atoms with Crippen molar-refractivity contribution in [2.45, 2.75) is 31.2 Å². The smallest absolute Gasteiger partial charge is 0.220 e. The molecule has 7 heteroatoms. The molecule has 0 aliphatic carbocycles. The van der Waals surface area contributed by atoms with Crippen LogP contribution in [0, 0.1) is 5.92 Å². The summed E-state index contributed by atoms with van der Waals surface area (Å²) in [5, 5.41) is 6.34. The average Bonchev–Trinajstić information content (AvgIpc) is 3.07. The quantitative estimate of drug-likeness (QED) is 0.565. The van der Waals surface area contributed by atoms with Crippen LogP contribution >= 0.6 is 11.8 Å². The lowest BCUT2D eigenvalue weighted by molar-refractivity contribution is -0.121. The van der Waals surface area contributed by atoms with Crippen LogP contribution in [0.4, 0.5) is 0 Å². The Hall–Kier alpha value is -0.950. The minimum absolute atomic E-state index is 0.155. The predicted molar refractivity (Wildman–Crippen MR) is 103 cm³/mol. The number of aliphatic imine (C=N–C) groups is 1. The molecule has 1 amide bonds. The molecule has 24 heavy (non-hydrogen) atoms. The van der Waals surface area contributed by atoms with Gasteiger partial charge in [0.2, 0.25) is 5.91 Å². The summed E-state index contributed by atoms with van der Waals surface area (Å²) in [5.41, 5.74) is 0.234. The molecule has 2 N–H and O–H groups in total. The van der Waals surface area contributed by atoms with Gasteiger partial charge in [-0.3, -0.25) is 9.79 Å². The van der Waals surface area contributed by atoms with Crippen molar-refractivity contribution in [2.24, 2.45) is 10.9 Å². The molecule has 0 radical (unpaired) electrons. The summed E-state index contributed by atoms with van der Waals surface area (Å²) < 4.78 is 0. The highest BCUT2D eigenvalue weighted by Crippen LogP contribution is 2.31. The Balaban J connectivity index is 1.83. The SMILES string of the molecule is CN=C(NCC1(N(C)C)CCSC1)N1CCC(CC(=O)NC)CC1. The number of piperidine rings is 1. The number of amides is 1. The van der Waals surface area contributed by atoms with Gasteiger partial charge < -0.3 is 20.4 Å². The molecule has 2 heterocycles. The predicted octanol–water partition coefficient (Wildman–Crippen LogP) is 0.847. The van der Waals surface area contributed by atoms with Gasteiger partial charge in [0, 0.05) is 51.4 Å². The monoisotopic (exact) mass is 355 g/mol. The second kappa shape index (κ2) is 8.94. The molecule has 2 aliphatic heterocycles. The van der Waals surface area contributed by atoms with Gasteiger partial charge in [-0.25, -0.2) is 0 Å². The summed E-state index contributed by atoms with van der Waals surface area (Å²) in [6, 6.07) is 0. The second-order valence-electron chi connectivity index (χ2n) is 7.13. The fourth-order valence-electron chi connectivity index (χ4n) is 3.54. The minimum Gasteiger partial charge on any atom is -0.359 e. The Morgan fingerprint density at radius 3 is 2.58 bits per heavy atom. The summed E-state index contributed by atoms with van der Waals surface area (Å²) in [4.78, 5) is 20.7. The van der Waals surface area contributed by atoms with Crippen molar-refractivity contribution >= 4 is 23.6 Å². The standard InChI is InChI=1S/C17H33N5OS/c1-18-15(23)11-14-5-8-22(9-6-14)16(19-2)20-12-17(21(3)4)7-10-24-13-17/h14H,5-13H2,1-4H3,(H,18,23)(H,19,20). The molecule has 0 aromatic rings. The molecule has 0 saturated carbocycles. The Morgan fingerprint density at radius 1 is 1.38 bits per heavy atom. The molecule has 2 rings (SSSR count). The maximum absolute atomic E-state index is 11.5. The van der Waals surface area contributed by atoms with Gasteiger partial charge in [0.05, 0.1) is 0 Å². The third kappa shape index (κ3) is 4.79. The lowest BCUT2D eigenvalue weighted by Gasteiger charge is -2.39. The molecule has 138 valence electrons. The summed E-state index contributed by atoms with van der Waals surface area (Å²) in [7, 11) is 7.94. The van der Waals surface area contributed by atoms with Gasteiger partial charge in [-0.2, -0.15) is 11.8 Å². The van der Waals surface area contributed by atoms with Crippen LogP contribution < -0.4 is 10.6 Å². The van der Waals surface area contributed by atoms with E-state index in [-0.39, 0.29) is 11.4 Å². The molecule has 2 saturated heterocycles. The number of hydrogen-bond donors (Lipinski definition) is 2. The first-order valence-electron chi connectivity index (χ1n) is 8.92. The van der Waals surface area contributed by atoms with Crippen LogP contribution in [-0.4, -0.2) is 86.5 Å². The Bertz CT molecular complexity index is 440. The van der Waals surface area contributed by atoms with Gasteiger partial charge in [0.15, 0.2) is 5.96 Å². The van der Waals surface area contributed by atoms with Crippen molar-refractivity contribution < 1.29 is 4.79 Å². The van der Waals surface area contributed by atoms with E-state index >= 15 is 0 Å². The Morgan fingerprint density at radius 2 is 2.08 bits per heavy atom. The highest BCUT2D eigenvalue weighted by atomic mass is 32.2. The molecular weight excluding hydrogens is 322 g/mol. The number of nitrogens with one attached hydrogen (secondary N) is 2. The van der Waals surface area contributed by atoms with Crippen molar-refractivity contribution in [3.05, 3.63) is 0 Å². The topological polar surface area (TPSA) is 60.0 Å². The van der Waals surface area contributed by atoms with Crippen LogP contribution in [0.25, 0.3) is 0 Å². The third-order valence-electron chi connectivity index (χ3n) is 5.49. The van der Waals surface area contributed by atoms with E-state index in [1.807, 2.05) is 18.8 Å². The van der Waals surface area contributed by atoms with Crippen molar-refractivity contribution in [1.82, 2.24) is 20.4 Å². The molecule has 0 aromatic heterocycles. The molecule has 0 aromatic carbocycles. The van der Waals surface area contributed by atoms with E-state index in [1.54, 1.807) is 7.05 Å². The normalized spacial score (nSPS) is 26.0. The lowest BCUT2D eigenvalue weighted by atomic mass is 9.93. The van der Waals surface area contributed by atoms with Gasteiger partial charge in [0.25, 0.3) is 0 Å². The minimum atomic E-state index is 0.155. The number of carbonyl (C=O) groups excluding carboxylic acids is 1. The van der Waals surface area contributed by atoms with Gasteiger partial charge >= 0.3 is 0 Å². The summed E-state index contributed by atoms with van der Waals surface area (Å²) in [5.74, 6) is 4.08. The average molecular weight is 356 g/mol. The highest BCUT2D eigenvalue weighted by molar-refractivity contribution is 7.99. The summed E-state index contributed by atoms with van der Waals surface area (Å²) in [6.07, 6.45) is 3.99. The summed E-state index contributed by atoms with van der Waals surface area (Å²) >= 11 is 2.04. The zero-order chi connectivity index (χ0) is 17.6. The van der Waals surface area contributed by atoms with E-state index in [1.165, 1.54) is 17.9 Å². The number of carbonyl (C=O) groups is 1. The van der Waals surface area contributed by atoms with Crippen molar-refractivity contribution in [2.75, 3.05) is 59.3 Å². The van der Waals surface area contributed by atoms with Crippen molar-refractivity contribution in [1.29, 1.82) is 0 Å². The van der Waals surface area contributed by atoms with Gasteiger partial charge in [-0.05, 0) is 45.0 Å². The molecule has 1 atom stereocenters. The Kier molecular flexibility index (Phi) is 7.22. The van der Waals surface area contributed by atoms with E-state index in [9.17, 15) is 4.79 Å². The van der Waals surface area contributed by atoms with E-state index in [4.69, 9.17) is 0 Å². The summed E-state index contributed by atoms with van der Waals surface area (Å²) in [6.45, 7) is 2.90. The highest BCUT2D eigenvalue weighted by Gasteiger charge is 2.37.